The van der Waals surface area contributed by atoms with Crippen LogP contribution in [-0.2, 0) is 44.4 Å². The summed E-state index contributed by atoms with van der Waals surface area (Å²) < 4.78 is 50.5. The lowest BCUT2D eigenvalue weighted by Crippen LogP contribution is -2.64. The van der Waals surface area contributed by atoms with Gasteiger partial charge in [-0.15, -0.1) is 0 Å². The van der Waals surface area contributed by atoms with Crippen molar-refractivity contribution >= 4 is 12.0 Å². The van der Waals surface area contributed by atoms with Crippen molar-refractivity contribution in [1.29, 1.82) is 0 Å². The molecule has 0 radical (unpaired) electrons. The van der Waals surface area contributed by atoms with E-state index in [9.17, 15) is 45.6 Å². The van der Waals surface area contributed by atoms with Gasteiger partial charge in [-0.3, -0.25) is 0 Å². The van der Waals surface area contributed by atoms with Crippen LogP contribution >= 0.6 is 0 Å². The van der Waals surface area contributed by atoms with Crippen molar-refractivity contribution in [1.82, 2.24) is 0 Å². The molecule has 0 saturated carbocycles. The van der Waals surface area contributed by atoms with Crippen LogP contribution in [0.1, 0.15) is 18.1 Å². The van der Waals surface area contributed by atoms with Crippen molar-refractivity contribution in [2.24, 2.45) is 0 Å². The molecule has 0 unspecified atom stereocenters. The maximum absolute atomic E-state index is 13.1. The molecule has 8 N–H and O–H groups in total. The molecule has 3 aliphatic rings. The van der Waals surface area contributed by atoms with Gasteiger partial charge in [-0.1, -0.05) is 18.2 Å². The average Bonchev–Trinajstić information content (AvgIpc) is 3.17. The molecule has 3 fully saturated rings. The first-order chi connectivity index (χ1) is 25.8. The van der Waals surface area contributed by atoms with Crippen molar-refractivity contribution in [3.63, 3.8) is 0 Å². The second kappa shape index (κ2) is 18.9. The van der Waals surface area contributed by atoms with Crippen LogP contribution in [-0.4, -0.2) is 167 Å². The summed E-state index contributed by atoms with van der Waals surface area (Å²) in [5.41, 5.74) is 1.39. The van der Waals surface area contributed by atoms with E-state index in [-0.39, 0.29) is 12.4 Å². The van der Waals surface area contributed by atoms with E-state index in [1.165, 1.54) is 39.4 Å². The van der Waals surface area contributed by atoms with Crippen molar-refractivity contribution in [2.45, 2.75) is 99.4 Å². The smallest absolute Gasteiger partial charge is 0.331 e. The molecule has 0 bridgehead atoms. The summed E-state index contributed by atoms with van der Waals surface area (Å²) in [5, 5.41) is 83.4. The zero-order valence-corrected chi connectivity index (χ0v) is 29.8. The van der Waals surface area contributed by atoms with E-state index in [1.807, 2.05) is 0 Å². The molecule has 54 heavy (non-hydrogen) atoms. The average molecular weight is 769 g/mol. The molecular formula is C36H48O18. The van der Waals surface area contributed by atoms with Gasteiger partial charge in [0, 0.05) is 6.08 Å². The van der Waals surface area contributed by atoms with Gasteiger partial charge in [0.2, 0.25) is 0 Å². The molecule has 0 amide bonds. The molecule has 3 aliphatic heterocycles. The number of hydrogen-bond donors (Lipinski definition) is 8. The minimum Gasteiger partial charge on any atom is -0.508 e. The van der Waals surface area contributed by atoms with Crippen LogP contribution in [0.4, 0.5) is 0 Å². The number of phenols is 1. The quantitative estimate of drug-likeness (QED) is 0.0791. The Bertz CT molecular complexity index is 1520. The number of benzene rings is 2. The fourth-order valence-electron chi connectivity index (χ4n) is 6.13. The number of carbonyl (C=O) groups is 1. The van der Waals surface area contributed by atoms with Gasteiger partial charge >= 0.3 is 5.97 Å². The highest BCUT2D eigenvalue weighted by Gasteiger charge is 2.51. The summed E-state index contributed by atoms with van der Waals surface area (Å²) in [7, 11) is 2.95. The van der Waals surface area contributed by atoms with Crippen molar-refractivity contribution < 1.29 is 88.3 Å². The van der Waals surface area contributed by atoms with Gasteiger partial charge in [0.1, 0.15) is 60.7 Å². The van der Waals surface area contributed by atoms with Crippen LogP contribution in [0.3, 0.4) is 0 Å². The number of ether oxygens (including phenoxy) is 9. The first-order valence-electron chi connectivity index (χ1n) is 17.3. The van der Waals surface area contributed by atoms with Gasteiger partial charge in [-0.25, -0.2) is 4.79 Å². The lowest BCUT2D eigenvalue weighted by molar-refractivity contribution is -0.354. The molecule has 0 aliphatic carbocycles. The molecule has 3 saturated heterocycles. The van der Waals surface area contributed by atoms with Gasteiger partial charge in [-0.05, 0) is 54.8 Å². The van der Waals surface area contributed by atoms with Gasteiger partial charge in [0.15, 0.2) is 36.5 Å². The number of rotatable bonds is 14. The molecule has 2 aromatic rings. The molecule has 0 aromatic heterocycles. The summed E-state index contributed by atoms with van der Waals surface area (Å²) in [6.07, 6.45) is -18.3. The number of aliphatic hydroxyl groups excluding tert-OH is 7. The van der Waals surface area contributed by atoms with E-state index in [2.05, 4.69) is 0 Å². The second-order valence-corrected chi connectivity index (χ2v) is 13.0. The number of esters is 1. The molecule has 18 heteroatoms. The number of hydrogen-bond acceptors (Lipinski definition) is 18. The van der Waals surface area contributed by atoms with Gasteiger partial charge < -0.3 is 83.5 Å². The molecule has 3 heterocycles. The van der Waals surface area contributed by atoms with Gasteiger partial charge in [0.05, 0.1) is 40.1 Å². The number of aliphatic hydroxyl groups is 7. The van der Waals surface area contributed by atoms with Gasteiger partial charge in [-0.2, -0.15) is 0 Å². The van der Waals surface area contributed by atoms with E-state index >= 15 is 0 Å². The Morgan fingerprint density at radius 1 is 0.778 bits per heavy atom. The van der Waals surface area contributed by atoms with Gasteiger partial charge in [0.25, 0.3) is 0 Å². The van der Waals surface area contributed by atoms with Crippen molar-refractivity contribution in [2.75, 3.05) is 34.0 Å². The third kappa shape index (κ3) is 10.0. The molecule has 2 aromatic carbocycles. The third-order valence-corrected chi connectivity index (χ3v) is 9.27. The Labute approximate surface area is 310 Å². The highest BCUT2D eigenvalue weighted by Crippen LogP contribution is 2.32. The van der Waals surface area contributed by atoms with E-state index < -0.39 is 105 Å². The Balaban J connectivity index is 1.26. The summed E-state index contributed by atoms with van der Waals surface area (Å²) in [6.45, 7) is 0.624. The van der Waals surface area contributed by atoms with Crippen LogP contribution in [0.5, 0.6) is 17.2 Å². The van der Waals surface area contributed by atoms with Crippen molar-refractivity contribution in [3.05, 3.63) is 59.7 Å². The summed E-state index contributed by atoms with van der Waals surface area (Å²) in [4.78, 5) is 13.1. The number of aromatic hydroxyl groups is 1. The maximum Gasteiger partial charge on any atom is 0.331 e. The second-order valence-electron chi connectivity index (χ2n) is 13.0. The van der Waals surface area contributed by atoms with E-state index in [0.29, 0.717) is 23.5 Å². The van der Waals surface area contributed by atoms with E-state index in [4.69, 9.17) is 42.6 Å². The Morgan fingerprint density at radius 3 is 2.17 bits per heavy atom. The standard InChI is InChI=1S/C36H48O18/c1-17-32(53-25(39)11-7-19-6-10-22(46-2)23(14-19)47-3)33(54-35-29(43)26(40)21(38)15-49-35)31(45)36(51-17)50-16-24-27(41)28(42)30(44)34(52-24)48-13-12-18-4-8-20(37)9-5-18/h4-11,14,17,21,24,26-38,40-45H,12-13,15-16H2,1-3H3/b11-7+/t17-,21+,24+,26-,27+,28-,29+,30+,31+,32-,33-,34+,35-,36+/m0/s1. The van der Waals surface area contributed by atoms with E-state index in [1.54, 1.807) is 30.3 Å². The SMILES string of the molecule is COc1ccc(/C=C/C(=O)O[C@@H]2[C@@H](O[C@@H]3OC[C@@H](O)[C@H](O)[C@H]3O)[C@@H](O)[C@H](OC[C@H]3O[C@@H](OCCc4ccc(O)cc4)[C@H](O)[C@@H](O)[C@@H]3O)O[C@H]2C)cc1OC. The lowest BCUT2D eigenvalue weighted by Gasteiger charge is -2.46. The Morgan fingerprint density at radius 2 is 1.46 bits per heavy atom. The summed E-state index contributed by atoms with van der Waals surface area (Å²) in [5.74, 6) is 0.136. The zero-order valence-electron chi connectivity index (χ0n) is 29.8. The molecule has 5 rings (SSSR count). The number of carbonyl (C=O) groups excluding carboxylic acids is 1. The third-order valence-electron chi connectivity index (χ3n) is 9.27. The predicted molar refractivity (Wildman–Crippen MR) is 182 cm³/mol. The lowest BCUT2D eigenvalue weighted by atomic mass is 9.98. The van der Waals surface area contributed by atoms with Crippen LogP contribution in [0.15, 0.2) is 48.5 Å². The molecule has 14 atom stereocenters. The number of methoxy groups -OCH3 is 2. The predicted octanol–water partition coefficient (Wildman–Crippen LogP) is -1.65. The molecule has 300 valence electrons. The minimum absolute atomic E-state index is 0.0499. The maximum atomic E-state index is 13.1. The number of phenolic OH excluding ortho intramolecular Hbond substituents is 1. The Hall–Kier alpha value is -3.47. The van der Waals surface area contributed by atoms with Crippen LogP contribution in [0.2, 0.25) is 0 Å². The molecule has 0 spiro atoms. The highest BCUT2D eigenvalue weighted by molar-refractivity contribution is 5.87. The van der Waals surface area contributed by atoms with Crippen LogP contribution < -0.4 is 9.47 Å². The molecular weight excluding hydrogens is 720 g/mol. The first kappa shape index (κ1) is 41.7. The first-order valence-corrected chi connectivity index (χ1v) is 17.3. The zero-order chi connectivity index (χ0) is 39.1. The van der Waals surface area contributed by atoms with E-state index in [0.717, 1.165) is 11.6 Å². The van der Waals surface area contributed by atoms with Crippen LogP contribution in [0.25, 0.3) is 6.08 Å². The normalized spacial score (nSPS) is 35.8. The van der Waals surface area contributed by atoms with Crippen molar-refractivity contribution in [3.8, 4) is 17.2 Å². The minimum atomic E-state index is -1.76. The Kier molecular flexibility index (Phi) is 14.6. The highest BCUT2D eigenvalue weighted by atomic mass is 16.7. The largest absolute Gasteiger partial charge is 0.508 e. The summed E-state index contributed by atoms with van der Waals surface area (Å²) >= 11 is 0. The fourth-order valence-corrected chi connectivity index (χ4v) is 6.13. The summed E-state index contributed by atoms with van der Waals surface area (Å²) in [6, 6.07) is 11.4. The monoisotopic (exact) mass is 768 g/mol. The fraction of sp³-hybridized carbons (Fsp3) is 0.583. The topological polar surface area (TPSA) is 262 Å². The van der Waals surface area contributed by atoms with Crippen LogP contribution in [0, 0.1) is 0 Å². The molecule has 18 nitrogen and oxygen atoms in total.